The average molecular weight is 474 g/mol. The summed E-state index contributed by atoms with van der Waals surface area (Å²) in [6.07, 6.45) is 2.35. The number of carbonyl (C=O) groups is 3. The van der Waals surface area contributed by atoms with E-state index in [1.807, 2.05) is 30.3 Å². The second-order valence-corrected chi connectivity index (χ2v) is 10.0. The highest BCUT2D eigenvalue weighted by Gasteiger charge is 2.47. The van der Waals surface area contributed by atoms with E-state index in [4.69, 9.17) is 15.2 Å². The molecule has 0 saturated carbocycles. The first-order valence-corrected chi connectivity index (χ1v) is 11.2. The molecule has 0 aliphatic rings. The number of nitrogens with zero attached hydrogens (tertiary/aromatic N) is 3. The van der Waals surface area contributed by atoms with Gasteiger partial charge in [0.2, 0.25) is 5.54 Å². The Morgan fingerprint density at radius 1 is 0.941 bits per heavy atom. The molecule has 0 aliphatic carbocycles. The Labute approximate surface area is 200 Å². The molecule has 0 bridgehead atoms. The Kier molecular flexibility index (Phi) is 8.55. The minimum Gasteiger partial charge on any atom is -0.458 e. The number of carbonyl (C=O) groups excluding carboxylic acids is 3. The summed E-state index contributed by atoms with van der Waals surface area (Å²) in [5.74, 6) is -1.68. The lowest BCUT2D eigenvalue weighted by molar-refractivity contribution is -0.177. The van der Waals surface area contributed by atoms with Gasteiger partial charge in [0.25, 0.3) is 0 Å². The van der Waals surface area contributed by atoms with Crippen molar-refractivity contribution >= 4 is 18.0 Å². The highest BCUT2D eigenvalue weighted by atomic mass is 16.6. The Balaban J connectivity index is 1.92. The first-order valence-electron chi connectivity index (χ1n) is 11.2. The van der Waals surface area contributed by atoms with E-state index in [2.05, 4.69) is 15.5 Å². The van der Waals surface area contributed by atoms with Crippen LogP contribution in [0.25, 0.3) is 11.3 Å². The molecule has 0 spiro atoms. The number of ether oxygens (including phenoxy) is 2. The van der Waals surface area contributed by atoms with Crippen LogP contribution in [0.1, 0.15) is 60.8 Å². The third-order valence-electron chi connectivity index (χ3n) is 4.54. The summed E-state index contributed by atoms with van der Waals surface area (Å²) in [6, 6.07) is 8.91. The van der Waals surface area contributed by atoms with E-state index in [1.165, 1.54) is 6.20 Å². The molecule has 1 aromatic heterocycles. The third-order valence-corrected chi connectivity index (χ3v) is 4.54. The molecule has 0 radical (unpaired) electrons. The van der Waals surface area contributed by atoms with Gasteiger partial charge in [0.05, 0.1) is 6.20 Å². The quantitative estimate of drug-likeness (QED) is 0.339. The van der Waals surface area contributed by atoms with Crippen molar-refractivity contribution in [2.75, 3.05) is 6.54 Å². The molecule has 1 amide bonds. The summed E-state index contributed by atoms with van der Waals surface area (Å²) in [7, 11) is 0. The maximum absolute atomic E-state index is 12.7. The van der Waals surface area contributed by atoms with E-state index >= 15 is 0 Å². The molecule has 1 heterocycles. The van der Waals surface area contributed by atoms with Crippen molar-refractivity contribution in [1.82, 2.24) is 20.3 Å². The number of hydrogen-bond donors (Lipinski definition) is 2. The van der Waals surface area contributed by atoms with Crippen LogP contribution in [0.5, 0.6) is 0 Å². The Morgan fingerprint density at radius 2 is 1.50 bits per heavy atom. The number of unbranched alkanes of at least 4 members (excludes halogenated alkanes) is 1. The predicted octanol–water partition coefficient (Wildman–Crippen LogP) is 3.05. The number of esters is 2. The lowest BCUT2D eigenvalue weighted by Crippen LogP contribution is -2.59. The largest absolute Gasteiger partial charge is 0.458 e. The molecule has 186 valence electrons. The molecule has 2 aromatic rings. The third kappa shape index (κ3) is 7.95. The second-order valence-electron chi connectivity index (χ2n) is 10.0. The normalized spacial score (nSPS) is 12.2. The number of benzene rings is 1. The molecule has 10 heteroatoms. The van der Waals surface area contributed by atoms with Crippen LogP contribution in [0.3, 0.4) is 0 Å². The summed E-state index contributed by atoms with van der Waals surface area (Å²) >= 11 is 0. The first kappa shape index (κ1) is 27.0. The summed E-state index contributed by atoms with van der Waals surface area (Å²) in [5.41, 5.74) is 4.09. The lowest BCUT2D eigenvalue weighted by Gasteiger charge is -2.32. The minimum absolute atomic E-state index is 0.00483. The topological polar surface area (TPSA) is 138 Å². The van der Waals surface area contributed by atoms with Crippen molar-refractivity contribution < 1.29 is 23.9 Å². The number of nitrogens with one attached hydrogen (secondary N) is 1. The van der Waals surface area contributed by atoms with Gasteiger partial charge in [0.1, 0.15) is 16.9 Å². The number of amides is 1. The van der Waals surface area contributed by atoms with Crippen LogP contribution >= 0.6 is 0 Å². The van der Waals surface area contributed by atoms with E-state index in [9.17, 15) is 14.4 Å². The van der Waals surface area contributed by atoms with Crippen LogP contribution in [-0.4, -0.2) is 56.2 Å². The average Bonchev–Trinajstić information content (AvgIpc) is 3.21. The molecule has 3 N–H and O–H groups in total. The zero-order valence-electron chi connectivity index (χ0n) is 20.8. The summed E-state index contributed by atoms with van der Waals surface area (Å²) < 4.78 is 10.8. The van der Waals surface area contributed by atoms with E-state index in [0.717, 1.165) is 10.4 Å². The van der Waals surface area contributed by atoms with E-state index in [0.29, 0.717) is 18.5 Å². The summed E-state index contributed by atoms with van der Waals surface area (Å²) in [4.78, 5) is 38.8. The van der Waals surface area contributed by atoms with Gasteiger partial charge in [0.15, 0.2) is 0 Å². The van der Waals surface area contributed by atoms with Gasteiger partial charge >= 0.3 is 18.0 Å². The zero-order valence-corrected chi connectivity index (χ0v) is 20.8. The van der Waals surface area contributed by atoms with Crippen LogP contribution in [0.2, 0.25) is 0 Å². The van der Waals surface area contributed by atoms with Crippen LogP contribution in [0, 0.1) is 0 Å². The molecular weight excluding hydrogens is 438 g/mol. The molecule has 0 atom stereocenters. The second kappa shape index (κ2) is 10.8. The fourth-order valence-corrected chi connectivity index (χ4v) is 2.92. The summed E-state index contributed by atoms with van der Waals surface area (Å²) in [6.45, 7) is 10.5. The van der Waals surface area contributed by atoms with Crippen molar-refractivity contribution in [1.29, 1.82) is 0 Å². The van der Waals surface area contributed by atoms with E-state index < -0.39 is 34.7 Å². The molecule has 0 saturated heterocycles. The molecule has 0 unspecified atom stereocenters. The van der Waals surface area contributed by atoms with Gasteiger partial charge in [-0.2, -0.15) is 5.10 Å². The highest BCUT2D eigenvalue weighted by Crippen LogP contribution is 2.22. The van der Waals surface area contributed by atoms with Crippen LogP contribution < -0.4 is 11.1 Å². The standard InChI is InChI=1S/C24H35N5O5/c1-22(2,3)33-19(30)24(25,20(31)34-23(4,5)6)14-10-11-15-26-21(32)29-27-16-18(28-29)17-12-8-7-9-13-17/h7-9,12-13,16H,10-11,14-15,25H2,1-6H3,(H,26,32). The van der Waals surface area contributed by atoms with Crippen LogP contribution in [-0.2, 0) is 19.1 Å². The molecule has 34 heavy (non-hydrogen) atoms. The van der Waals surface area contributed by atoms with Crippen molar-refractivity contribution in [3.8, 4) is 11.3 Å². The Morgan fingerprint density at radius 3 is 2.03 bits per heavy atom. The fraction of sp³-hybridized carbons (Fsp3) is 0.542. The molecule has 0 fully saturated rings. The van der Waals surface area contributed by atoms with Crippen molar-refractivity contribution in [2.24, 2.45) is 5.73 Å². The Hall–Kier alpha value is -3.27. The molecular formula is C24H35N5O5. The summed E-state index contributed by atoms with van der Waals surface area (Å²) in [5, 5.41) is 10.9. The number of rotatable bonds is 8. The van der Waals surface area contributed by atoms with Crippen molar-refractivity contribution in [2.45, 2.75) is 77.5 Å². The molecule has 1 aromatic carbocycles. The number of hydrogen-bond acceptors (Lipinski definition) is 8. The van der Waals surface area contributed by atoms with Gasteiger partial charge in [-0.3, -0.25) is 0 Å². The monoisotopic (exact) mass is 473 g/mol. The smallest absolute Gasteiger partial charge is 0.359 e. The van der Waals surface area contributed by atoms with Crippen molar-refractivity contribution in [3.63, 3.8) is 0 Å². The highest BCUT2D eigenvalue weighted by molar-refractivity contribution is 6.04. The van der Waals surface area contributed by atoms with Gasteiger partial charge in [-0.1, -0.05) is 35.1 Å². The first-order chi connectivity index (χ1) is 15.7. The maximum Gasteiger partial charge on any atom is 0.359 e. The number of aromatic nitrogens is 3. The Bertz CT molecular complexity index is 961. The van der Waals surface area contributed by atoms with Crippen molar-refractivity contribution in [3.05, 3.63) is 36.5 Å². The maximum atomic E-state index is 12.7. The van der Waals surface area contributed by atoms with E-state index in [1.54, 1.807) is 41.5 Å². The lowest BCUT2D eigenvalue weighted by atomic mass is 9.93. The van der Waals surface area contributed by atoms with Gasteiger partial charge in [-0.15, -0.1) is 5.10 Å². The fourth-order valence-electron chi connectivity index (χ4n) is 2.92. The van der Waals surface area contributed by atoms with Gasteiger partial charge in [-0.25, -0.2) is 14.4 Å². The van der Waals surface area contributed by atoms with Crippen LogP contribution in [0.4, 0.5) is 4.79 Å². The minimum atomic E-state index is -1.95. The van der Waals surface area contributed by atoms with Gasteiger partial charge in [-0.05, 0) is 60.8 Å². The van der Waals surface area contributed by atoms with Crippen LogP contribution in [0.15, 0.2) is 36.5 Å². The zero-order chi connectivity index (χ0) is 25.6. The predicted molar refractivity (Wildman–Crippen MR) is 127 cm³/mol. The van der Waals surface area contributed by atoms with Gasteiger partial charge < -0.3 is 20.5 Å². The number of nitrogens with two attached hydrogens (primary N) is 1. The SMILES string of the molecule is CC(C)(C)OC(=O)C(N)(CCCCNC(=O)n1ncc(-c2ccccc2)n1)C(=O)OC(C)(C)C. The molecule has 10 nitrogen and oxygen atoms in total. The van der Waals surface area contributed by atoms with Gasteiger partial charge in [0, 0.05) is 12.1 Å². The molecule has 0 aliphatic heterocycles. The van der Waals surface area contributed by atoms with E-state index in [-0.39, 0.29) is 13.0 Å². The molecule has 2 rings (SSSR count).